The highest BCUT2D eigenvalue weighted by Crippen LogP contribution is 2.49. The molecule has 2 heterocycles. The number of carbonyl (C=O) groups is 2. The molecule has 5 N–H and O–H groups in total. The fourth-order valence-electron chi connectivity index (χ4n) is 5.33. The number of rotatable bonds is 8. The third-order valence-electron chi connectivity index (χ3n) is 7.57. The van der Waals surface area contributed by atoms with Gasteiger partial charge in [-0.15, -0.1) is 0 Å². The van der Waals surface area contributed by atoms with Gasteiger partial charge in [-0.3, -0.25) is 0 Å². The van der Waals surface area contributed by atoms with Gasteiger partial charge in [0.05, 0.1) is 38.8 Å². The maximum atomic E-state index is 12.8. The van der Waals surface area contributed by atoms with Crippen molar-refractivity contribution in [3.63, 3.8) is 0 Å². The Bertz CT molecular complexity index is 1100. The molecule has 0 amide bonds. The van der Waals surface area contributed by atoms with Gasteiger partial charge < -0.3 is 54.0 Å². The van der Waals surface area contributed by atoms with Gasteiger partial charge in [0.25, 0.3) is 0 Å². The zero-order valence-corrected chi connectivity index (χ0v) is 22.1. The largest absolute Gasteiger partial charge is 0.497 e. The Morgan fingerprint density at radius 1 is 0.975 bits per heavy atom. The Hall–Kier alpha value is -3.04. The van der Waals surface area contributed by atoms with Crippen molar-refractivity contribution in [3.8, 4) is 5.75 Å². The van der Waals surface area contributed by atoms with Gasteiger partial charge in [0, 0.05) is 17.9 Å². The SMILES string of the molecule is COC(=O)C1=CO[C@@H](O[C@@H]2O[C@H](CO)[C@@H](O)[C@H](O)[C@H]2O)[C@@H]2[C@@H](C)[C@@H](O)[C@@H](OC(=O)C=Cc3ccc(OC)cc3)[C@H]12. The van der Waals surface area contributed by atoms with Crippen LogP contribution in [-0.2, 0) is 33.3 Å². The molecule has 0 radical (unpaired) electrons. The molecule has 0 aromatic heterocycles. The van der Waals surface area contributed by atoms with Crippen molar-refractivity contribution in [3.05, 3.63) is 47.7 Å². The minimum Gasteiger partial charge on any atom is -0.497 e. The van der Waals surface area contributed by atoms with E-state index in [1.165, 1.54) is 26.4 Å². The second kappa shape index (κ2) is 12.6. The topological polar surface area (TPSA) is 191 Å². The minimum absolute atomic E-state index is 0.00138. The van der Waals surface area contributed by atoms with Gasteiger partial charge in [-0.1, -0.05) is 19.1 Å². The average molecular weight is 567 g/mol. The quantitative estimate of drug-likeness (QED) is 0.192. The molecule has 1 aromatic carbocycles. The van der Waals surface area contributed by atoms with Gasteiger partial charge in [0.2, 0.25) is 6.29 Å². The van der Waals surface area contributed by atoms with Crippen LogP contribution in [0, 0.1) is 17.8 Å². The number of ether oxygens (including phenoxy) is 6. The summed E-state index contributed by atoms with van der Waals surface area (Å²) in [5, 5.41) is 51.2. The fourth-order valence-corrected chi connectivity index (χ4v) is 5.33. The normalized spacial score (nSPS) is 37.3. The van der Waals surface area contributed by atoms with E-state index in [0.29, 0.717) is 11.3 Å². The van der Waals surface area contributed by atoms with Crippen molar-refractivity contribution in [2.24, 2.45) is 17.8 Å². The molecule has 13 heteroatoms. The molecule has 2 fully saturated rings. The highest BCUT2D eigenvalue weighted by Gasteiger charge is 2.59. The molecule has 4 rings (SSSR count). The van der Waals surface area contributed by atoms with E-state index in [1.54, 1.807) is 31.2 Å². The molecule has 11 atom stereocenters. The van der Waals surface area contributed by atoms with Gasteiger partial charge in [-0.05, 0) is 29.7 Å². The fraction of sp³-hybridized carbons (Fsp3) is 0.556. The number of hydrogen-bond acceptors (Lipinski definition) is 13. The number of aliphatic hydroxyl groups is 5. The molecular formula is C27H34O13. The van der Waals surface area contributed by atoms with E-state index in [4.69, 9.17) is 28.4 Å². The third-order valence-corrected chi connectivity index (χ3v) is 7.57. The van der Waals surface area contributed by atoms with Crippen LogP contribution in [0.5, 0.6) is 5.75 Å². The van der Waals surface area contributed by atoms with E-state index in [9.17, 15) is 35.1 Å². The molecule has 2 aliphatic heterocycles. The Labute approximate surface area is 230 Å². The average Bonchev–Trinajstić information content (AvgIpc) is 3.21. The third kappa shape index (κ3) is 5.86. The summed E-state index contributed by atoms with van der Waals surface area (Å²) in [5.41, 5.74) is 0.701. The van der Waals surface area contributed by atoms with E-state index in [1.807, 2.05) is 0 Å². The summed E-state index contributed by atoms with van der Waals surface area (Å²) >= 11 is 0. The Morgan fingerprint density at radius 2 is 1.68 bits per heavy atom. The number of carbonyl (C=O) groups excluding carboxylic acids is 2. The van der Waals surface area contributed by atoms with Crippen LogP contribution in [0.1, 0.15) is 12.5 Å². The molecule has 1 saturated carbocycles. The van der Waals surface area contributed by atoms with Crippen LogP contribution in [0.4, 0.5) is 0 Å². The van der Waals surface area contributed by atoms with Gasteiger partial charge in [0.15, 0.2) is 6.29 Å². The molecule has 13 nitrogen and oxygen atoms in total. The predicted octanol–water partition coefficient (Wildman–Crippen LogP) is -0.907. The van der Waals surface area contributed by atoms with Crippen LogP contribution in [0.2, 0.25) is 0 Å². The van der Waals surface area contributed by atoms with E-state index in [2.05, 4.69) is 0 Å². The Kier molecular flexibility index (Phi) is 9.46. The molecule has 3 aliphatic rings. The van der Waals surface area contributed by atoms with Gasteiger partial charge in [-0.2, -0.15) is 0 Å². The summed E-state index contributed by atoms with van der Waals surface area (Å²) in [5.74, 6) is -3.27. The second-order valence-corrected chi connectivity index (χ2v) is 9.86. The Morgan fingerprint density at radius 3 is 2.30 bits per heavy atom. The predicted molar refractivity (Wildman–Crippen MR) is 134 cm³/mol. The summed E-state index contributed by atoms with van der Waals surface area (Å²) in [6.45, 7) is 0.989. The van der Waals surface area contributed by atoms with Crippen molar-refractivity contribution in [1.82, 2.24) is 0 Å². The van der Waals surface area contributed by atoms with E-state index in [0.717, 1.165) is 6.26 Å². The summed E-state index contributed by atoms with van der Waals surface area (Å²) < 4.78 is 32.5. The first-order chi connectivity index (χ1) is 19.1. The summed E-state index contributed by atoms with van der Waals surface area (Å²) in [6, 6.07) is 6.93. The van der Waals surface area contributed by atoms with Crippen LogP contribution in [0.15, 0.2) is 42.2 Å². The number of fused-ring (bicyclic) bond motifs is 1. The molecular weight excluding hydrogens is 532 g/mol. The van der Waals surface area contributed by atoms with E-state index >= 15 is 0 Å². The number of hydrogen-bond donors (Lipinski definition) is 5. The summed E-state index contributed by atoms with van der Waals surface area (Å²) in [7, 11) is 2.71. The van der Waals surface area contributed by atoms with Gasteiger partial charge >= 0.3 is 11.9 Å². The molecule has 40 heavy (non-hydrogen) atoms. The van der Waals surface area contributed by atoms with Crippen molar-refractivity contribution in [2.75, 3.05) is 20.8 Å². The molecule has 1 saturated heterocycles. The van der Waals surface area contributed by atoms with Gasteiger partial charge in [0.1, 0.15) is 36.3 Å². The maximum absolute atomic E-state index is 12.8. The monoisotopic (exact) mass is 566 g/mol. The molecule has 0 unspecified atom stereocenters. The zero-order chi connectivity index (χ0) is 29.1. The maximum Gasteiger partial charge on any atom is 0.337 e. The van der Waals surface area contributed by atoms with Crippen LogP contribution in [0.25, 0.3) is 6.08 Å². The number of aliphatic hydroxyl groups excluding tert-OH is 5. The van der Waals surface area contributed by atoms with Crippen molar-refractivity contribution >= 4 is 18.0 Å². The smallest absolute Gasteiger partial charge is 0.337 e. The second-order valence-electron chi connectivity index (χ2n) is 9.86. The zero-order valence-electron chi connectivity index (χ0n) is 22.1. The van der Waals surface area contributed by atoms with Crippen LogP contribution < -0.4 is 4.74 Å². The lowest BCUT2D eigenvalue weighted by atomic mass is 9.82. The summed E-state index contributed by atoms with van der Waals surface area (Å²) in [4.78, 5) is 25.4. The van der Waals surface area contributed by atoms with E-state index < -0.39 is 85.5 Å². The number of benzene rings is 1. The number of methoxy groups -OCH3 is 2. The lowest BCUT2D eigenvalue weighted by Gasteiger charge is -2.43. The van der Waals surface area contributed by atoms with Crippen molar-refractivity contribution in [1.29, 1.82) is 0 Å². The lowest BCUT2D eigenvalue weighted by Crippen LogP contribution is -2.60. The highest BCUT2D eigenvalue weighted by molar-refractivity contribution is 5.90. The first-order valence-corrected chi connectivity index (χ1v) is 12.7. The Balaban J connectivity index is 1.55. The first-order valence-electron chi connectivity index (χ1n) is 12.7. The minimum atomic E-state index is -1.70. The molecule has 1 aromatic rings. The van der Waals surface area contributed by atoms with Crippen LogP contribution in [0.3, 0.4) is 0 Å². The lowest BCUT2D eigenvalue weighted by molar-refractivity contribution is -0.343. The van der Waals surface area contributed by atoms with Gasteiger partial charge in [-0.25, -0.2) is 9.59 Å². The molecule has 220 valence electrons. The van der Waals surface area contributed by atoms with Crippen LogP contribution in [-0.4, -0.2) is 108 Å². The van der Waals surface area contributed by atoms with E-state index in [-0.39, 0.29) is 5.57 Å². The standard InChI is InChI=1S/C27H34O13/c1-12-18-19(24(20(12)30)39-17(29)9-6-13-4-7-14(35-2)8-5-13)15(25(34)36-3)11-37-26(18)40-27-23(33)22(32)21(31)16(10-28)38-27/h4-9,11-12,16,18-24,26-28,30-33H,10H2,1-3H3/t12-,16-,18-,19-,20-,21-,22+,23-,24+,26+,27+/m1/s1. The van der Waals surface area contributed by atoms with Crippen molar-refractivity contribution in [2.45, 2.75) is 56.1 Å². The molecule has 0 bridgehead atoms. The number of esters is 2. The highest BCUT2D eigenvalue weighted by atomic mass is 16.8. The molecule has 0 spiro atoms. The first kappa shape index (κ1) is 29.9. The summed E-state index contributed by atoms with van der Waals surface area (Å²) in [6.07, 6.45) is -7.64. The molecule has 1 aliphatic carbocycles. The van der Waals surface area contributed by atoms with Crippen molar-refractivity contribution < 1.29 is 63.5 Å². The van der Waals surface area contributed by atoms with Crippen LogP contribution >= 0.6 is 0 Å².